The molecule has 2 aliphatic carbocycles. The van der Waals surface area contributed by atoms with Gasteiger partial charge in [0.2, 0.25) is 0 Å². The summed E-state index contributed by atoms with van der Waals surface area (Å²) >= 11 is 0. The van der Waals surface area contributed by atoms with E-state index in [0.29, 0.717) is 19.0 Å². The van der Waals surface area contributed by atoms with Crippen LogP contribution in [0.25, 0.3) is 11.1 Å². The molecule has 43 heavy (non-hydrogen) atoms. The number of esters is 1. The first-order chi connectivity index (χ1) is 20.6. The van der Waals surface area contributed by atoms with Gasteiger partial charge in [-0.2, -0.15) is 0 Å². The summed E-state index contributed by atoms with van der Waals surface area (Å²) < 4.78 is 41.0. The Hall–Kier alpha value is -3.36. The highest BCUT2D eigenvalue weighted by Crippen LogP contribution is 2.48. The first-order valence-electron chi connectivity index (χ1n) is 15.3. The molecule has 1 heterocycles. The summed E-state index contributed by atoms with van der Waals surface area (Å²) in [5.74, 6) is 1.62. The zero-order chi connectivity index (χ0) is 30.2. The van der Waals surface area contributed by atoms with Crippen LogP contribution in [0.3, 0.4) is 0 Å². The number of fused-ring (bicyclic) bond motifs is 3. The average molecular weight is 605 g/mol. The molecular formula is C35H40O7S. The summed E-state index contributed by atoms with van der Waals surface area (Å²) in [5, 5.41) is 10.9. The zero-order valence-corrected chi connectivity index (χ0v) is 25.8. The molecule has 1 saturated heterocycles. The van der Waals surface area contributed by atoms with Gasteiger partial charge in [0.15, 0.2) is 9.84 Å². The average Bonchev–Trinajstić information content (AvgIpc) is 3.81. The molecule has 6 rings (SSSR count). The Bertz CT molecular complexity index is 1600. The van der Waals surface area contributed by atoms with E-state index < -0.39 is 15.4 Å². The maximum absolute atomic E-state index is 12.0. The normalized spacial score (nSPS) is 21.6. The third-order valence-corrected chi connectivity index (χ3v) is 10.7. The second-order valence-electron chi connectivity index (χ2n) is 12.3. The summed E-state index contributed by atoms with van der Waals surface area (Å²) in [6.07, 6.45) is 4.21. The molecule has 1 N–H and O–H groups in total. The van der Waals surface area contributed by atoms with Crippen LogP contribution in [0.1, 0.15) is 66.3 Å². The molecule has 3 aromatic rings. The fourth-order valence-corrected chi connectivity index (χ4v) is 8.04. The van der Waals surface area contributed by atoms with E-state index in [9.17, 15) is 18.3 Å². The number of sulfone groups is 1. The monoisotopic (exact) mass is 604 g/mol. The lowest BCUT2D eigenvalue weighted by molar-refractivity contribution is -0.144. The van der Waals surface area contributed by atoms with Crippen molar-refractivity contribution >= 4 is 15.8 Å². The molecule has 0 aromatic heterocycles. The predicted molar refractivity (Wildman–Crippen MR) is 165 cm³/mol. The highest BCUT2D eigenvalue weighted by atomic mass is 32.2. The topological polar surface area (TPSA) is 99.1 Å². The molecule has 8 heteroatoms. The van der Waals surface area contributed by atoms with Crippen molar-refractivity contribution in [3.8, 4) is 22.6 Å². The van der Waals surface area contributed by atoms with Crippen LogP contribution in [0.2, 0.25) is 0 Å². The van der Waals surface area contributed by atoms with Crippen LogP contribution in [0.5, 0.6) is 11.5 Å². The molecule has 0 bridgehead atoms. The van der Waals surface area contributed by atoms with Crippen molar-refractivity contribution in [3.05, 3.63) is 82.4 Å². The van der Waals surface area contributed by atoms with Gasteiger partial charge in [-0.3, -0.25) is 4.79 Å². The molecule has 2 atom stereocenters. The number of rotatable bonds is 9. The lowest BCUT2D eigenvalue weighted by Gasteiger charge is -2.31. The minimum absolute atomic E-state index is 0.00221. The largest absolute Gasteiger partial charge is 0.491 e. The van der Waals surface area contributed by atoms with Crippen LogP contribution in [-0.2, 0) is 38.8 Å². The van der Waals surface area contributed by atoms with Gasteiger partial charge in [0.05, 0.1) is 24.0 Å². The van der Waals surface area contributed by atoms with Crippen LogP contribution in [-0.4, -0.2) is 49.8 Å². The lowest BCUT2D eigenvalue weighted by Crippen LogP contribution is -2.43. The van der Waals surface area contributed by atoms with Crippen molar-refractivity contribution in [2.45, 2.75) is 70.5 Å². The SMILES string of the molecule is CCOC(=O)[C@H]1C[C@@H]1c1ccc(OCc2ccc3c(c2)-c2c(C)cc(OCC4(O)CCS(=O)(=O)CC4)cc2CCC3)cc1. The van der Waals surface area contributed by atoms with Gasteiger partial charge in [-0.25, -0.2) is 8.42 Å². The molecular weight excluding hydrogens is 564 g/mol. The van der Waals surface area contributed by atoms with Crippen LogP contribution in [0.4, 0.5) is 0 Å². The van der Waals surface area contributed by atoms with E-state index in [2.05, 4.69) is 31.2 Å². The summed E-state index contributed by atoms with van der Waals surface area (Å²) in [6, 6.07) is 18.7. The molecule has 3 aromatic carbocycles. The second kappa shape index (κ2) is 12.0. The summed E-state index contributed by atoms with van der Waals surface area (Å²) in [4.78, 5) is 12.0. The first-order valence-corrected chi connectivity index (χ1v) is 17.2. The van der Waals surface area contributed by atoms with Crippen LogP contribution in [0, 0.1) is 12.8 Å². The number of carbonyl (C=O) groups excluding carboxylic acids is 1. The number of aryl methyl sites for hydroxylation is 3. The van der Waals surface area contributed by atoms with E-state index in [-0.39, 0.29) is 48.8 Å². The minimum Gasteiger partial charge on any atom is -0.491 e. The van der Waals surface area contributed by atoms with Crippen molar-refractivity contribution in [1.82, 2.24) is 0 Å². The Balaban J connectivity index is 1.13. The number of aliphatic hydroxyl groups is 1. The molecule has 3 aliphatic rings. The Morgan fingerprint density at radius 2 is 1.70 bits per heavy atom. The van der Waals surface area contributed by atoms with Crippen LogP contribution < -0.4 is 9.47 Å². The van der Waals surface area contributed by atoms with Gasteiger partial charge in [-0.05, 0) is 128 Å². The van der Waals surface area contributed by atoms with Crippen molar-refractivity contribution < 1.29 is 32.5 Å². The first kappa shape index (κ1) is 29.7. The van der Waals surface area contributed by atoms with Crippen molar-refractivity contribution in [2.75, 3.05) is 24.7 Å². The molecule has 0 unspecified atom stereocenters. The van der Waals surface area contributed by atoms with E-state index in [1.807, 2.05) is 37.3 Å². The Morgan fingerprint density at radius 1 is 0.953 bits per heavy atom. The highest BCUT2D eigenvalue weighted by molar-refractivity contribution is 7.91. The molecule has 7 nitrogen and oxygen atoms in total. The number of hydrogen-bond donors (Lipinski definition) is 1. The molecule has 0 radical (unpaired) electrons. The Kier molecular flexibility index (Phi) is 8.26. The van der Waals surface area contributed by atoms with Crippen LogP contribution in [0.15, 0.2) is 54.6 Å². The third-order valence-electron chi connectivity index (χ3n) is 9.08. The molecule has 1 saturated carbocycles. The van der Waals surface area contributed by atoms with E-state index in [0.717, 1.165) is 48.1 Å². The third kappa shape index (κ3) is 6.75. The van der Waals surface area contributed by atoms with Gasteiger partial charge in [-0.1, -0.05) is 24.3 Å². The Labute approximate surface area is 254 Å². The fraction of sp³-hybridized carbons (Fsp3) is 0.457. The van der Waals surface area contributed by atoms with Gasteiger partial charge in [-0.15, -0.1) is 0 Å². The second-order valence-corrected chi connectivity index (χ2v) is 14.6. The predicted octanol–water partition coefficient (Wildman–Crippen LogP) is 5.71. The van der Waals surface area contributed by atoms with Gasteiger partial charge in [0.25, 0.3) is 0 Å². The summed E-state index contributed by atoms with van der Waals surface area (Å²) in [7, 11) is -3.06. The van der Waals surface area contributed by atoms with Gasteiger partial charge in [0, 0.05) is 0 Å². The quantitative estimate of drug-likeness (QED) is 0.312. The van der Waals surface area contributed by atoms with E-state index in [1.165, 1.54) is 22.3 Å². The standard InChI is InChI=1S/C35H40O7S/c1-3-40-34(36)32-20-30(32)26-9-11-28(12-10-26)41-21-24-7-8-25-5-4-6-27-19-29(17-23(2)33(27)31(25)18-24)42-22-35(37)13-15-43(38,39)16-14-35/h7-12,17-19,30,32,37H,3-6,13-16,20-22H2,1-2H3/t30-,32+/m1/s1. The fourth-order valence-electron chi connectivity index (χ4n) is 6.45. The van der Waals surface area contributed by atoms with Gasteiger partial charge >= 0.3 is 5.97 Å². The van der Waals surface area contributed by atoms with Crippen molar-refractivity contribution in [1.29, 1.82) is 0 Å². The smallest absolute Gasteiger partial charge is 0.309 e. The maximum Gasteiger partial charge on any atom is 0.309 e. The molecule has 228 valence electrons. The van der Waals surface area contributed by atoms with E-state index in [1.54, 1.807) is 0 Å². The van der Waals surface area contributed by atoms with E-state index >= 15 is 0 Å². The number of carbonyl (C=O) groups is 1. The maximum atomic E-state index is 12.0. The lowest BCUT2D eigenvalue weighted by atomic mass is 9.91. The minimum atomic E-state index is -3.06. The van der Waals surface area contributed by atoms with Crippen LogP contribution >= 0.6 is 0 Å². The molecule has 0 spiro atoms. The van der Waals surface area contributed by atoms with Gasteiger partial charge in [0.1, 0.15) is 30.3 Å². The van der Waals surface area contributed by atoms with Gasteiger partial charge < -0.3 is 19.3 Å². The zero-order valence-electron chi connectivity index (χ0n) is 24.9. The van der Waals surface area contributed by atoms with Crippen molar-refractivity contribution in [3.63, 3.8) is 0 Å². The number of ether oxygens (including phenoxy) is 3. The van der Waals surface area contributed by atoms with E-state index in [4.69, 9.17) is 14.2 Å². The number of benzene rings is 3. The summed E-state index contributed by atoms with van der Waals surface area (Å²) in [6.45, 7) is 4.89. The molecule has 0 amide bonds. The Morgan fingerprint density at radius 3 is 2.44 bits per heavy atom. The number of hydrogen-bond acceptors (Lipinski definition) is 7. The molecule has 1 aliphatic heterocycles. The summed E-state index contributed by atoms with van der Waals surface area (Å²) in [5.41, 5.74) is 7.24. The molecule has 2 fully saturated rings. The highest BCUT2D eigenvalue weighted by Gasteiger charge is 2.45. The van der Waals surface area contributed by atoms with Crippen molar-refractivity contribution in [2.24, 2.45) is 5.92 Å².